The average molecular weight is 363 g/mol. The van der Waals surface area contributed by atoms with Crippen LogP contribution in [0.25, 0.3) is 22.5 Å². The van der Waals surface area contributed by atoms with Gasteiger partial charge in [-0.3, -0.25) is 4.79 Å². The second kappa shape index (κ2) is 6.55. The predicted octanol–water partition coefficient (Wildman–Crippen LogP) is 3.28. The van der Waals surface area contributed by atoms with Crippen molar-refractivity contribution in [2.75, 3.05) is 25.5 Å². The van der Waals surface area contributed by atoms with Crippen LogP contribution in [0, 0.1) is 6.92 Å². The molecule has 6 nitrogen and oxygen atoms in total. The van der Waals surface area contributed by atoms with Crippen LogP contribution in [0.1, 0.15) is 11.3 Å². The molecule has 3 aromatic rings. The predicted molar refractivity (Wildman–Crippen MR) is 104 cm³/mol. The van der Waals surface area contributed by atoms with Gasteiger partial charge in [0.1, 0.15) is 16.8 Å². The Morgan fingerprint density at radius 3 is 2.11 bits per heavy atom. The van der Waals surface area contributed by atoms with Crippen LogP contribution in [-0.4, -0.2) is 36.4 Å². The molecule has 2 heterocycles. The second-order valence-electron chi connectivity index (χ2n) is 6.87. The van der Waals surface area contributed by atoms with Crippen molar-refractivity contribution in [2.45, 2.75) is 12.3 Å². The highest BCUT2D eigenvalue weighted by Crippen LogP contribution is 2.33. The van der Waals surface area contributed by atoms with Crippen LogP contribution >= 0.6 is 0 Å². The van der Waals surface area contributed by atoms with E-state index >= 15 is 0 Å². The van der Waals surface area contributed by atoms with Crippen molar-refractivity contribution >= 4 is 11.7 Å². The average Bonchev–Trinajstić information content (AvgIpc) is 3.02. The van der Waals surface area contributed by atoms with Gasteiger partial charge in [0.2, 0.25) is 0 Å². The van der Waals surface area contributed by atoms with Crippen LogP contribution < -0.4 is 10.6 Å². The number of anilines is 1. The number of carbonyl (C=O) groups is 1. The van der Waals surface area contributed by atoms with Crippen molar-refractivity contribution in [3.05, 3.63) is 59.8 Å². The number of aryl methyl sites for hydroxylation is 1. The van der Waals surface area contributed by atoms with Gasteiger partial charge in [0, 0.05) is 25.7 Å². The highest BCUT2D eigenvalue weighted by molar-refractivity contribution is 5.84. The maximum Gasteiger partial charge on any atom is 0.316 e. The summed E-state index contributed by atoms with van der Waals surface area (Å²) in [5.74, 6) is -0.0566. The number of nitrogens with one attached hydrogen (secondary N) is 2. The summed E-state index contributed by atoms with van der Waals surface area (Å²) in [7, 11) is 1.85. The molecule has 1 fully saturated rings. The molecule has 1 saturated heterocycles. The number of hydrogen-bond acceptors (Lipinski definition) is 5. The lowest BCUT2D eigenvalue weighted by atomic mass is 9.75. The summed E-state index contributed by atoms with van der Waals surface area (Å²) in [6.07, 6.45) is 0. The van der Waals surface area contributed by atoms with Gasteiger partial charge >= 0.3 is 5.97 Å². The molecule has 0 atom stereocenters. The van der Waals surface area contributed by atoms with Crippen molar-refractivity contribution in [1.29, 1.82) is 0 Å². The molecule has 1 aliphatic heterocycles. The largest absolute Gasteiger partial charge is 0.481 e. The first kappa shape index (κ1) is 17.3. The minimum atomic E-state index is -0.796. The Morgan fingerprint density at radius 2 is 1.63 bits per heavy atom. The molecule has 138 valence electrons. The molecule has 0 spiro atoms. The first-order valence-corrected chi connectivity index (χ1v) is 8.84. The fourth-order valence-corrected chi connectivity index (χ4v) is 3.51. The van der Waals surface area contributed by atoms with Crippen LogP contribution in [0.3, 0.4) is 0 Å². The summed E-state index contributed by atoms with van der Waals surface area (Å²) in [4.78, 5) is 11.6. The van der Waals surface area contributed by atoms with Crippen molar-refractivity contribution in [3.63, 3.8) is 0 Å². The minimum Gasteiger partial charge on any atom is -0.481 e. The van der Waals surface area contributed by atoms with Crippen LogP contribution in [0.5, 0.6) is 0 Å². The summed E-state index contributed by atoms with van der Waals surface area (Å²) in [5, 5.41) is 19.7. The van der Waals surface area contributed by atoms with Gasteiger partial charge < -0.3 is 20.3 Å². The van der Waals surface area contributed by atoms with E-state index in [0.717, 1.165) is 39.4 Å². The lowest BCUT2D eigenvalue weighted by molar-refractivity contribution is -0.146. The van der Waals surface area contributed by atoms with E-state index in [1.165, 1.54) is 0 Å². The van der Waals surface area contributed by atoms with E-state index in [1.807, 2.05) is 62.5 Å². The third kappa shape index (κ3) is 2.78. The summed E-state index contributed by atoms with van der Waals surface area (Å²) in [5.41, 5.74) is 4.81. The molecule has 1 aromatic heterocycles. The van der Waals surface area contributed by atoms with Crippen LogP contribution in [-0.2, 0) is 10.2 Å². The molecule has 0 saturated carbocycles. The Hall–Kier alpha value is -3.12. The van der Waals surface area contributed by atoms with E-state index in [9.17, 15) is 9.90 Å². The topological polar surface area (TPSA) is 87.4 Å². The number of carboxylic acid groups (broad SMARTS) is 1. The summed E-state index contributed by atoms with van der Waals surface area (Å²) >= 11 is 0. The van der Waals surface area contributed by atoms with Gasteiger partial charge in [-0.05, 0) is 23.6 Å². The molecule has 4 rings (SSSR count). The summed E-state index contributed by atoms with van der Waals surface area (Å²) in [6, 6.07) is 15.8. The lowest BCUT2D eigenvalue weighted by Crippen LogP contribution is -2.61. The van der Waals surface area contributed by atoms with E-state index < -0.39 is 11.4 Å². The van der Waals surface area contributed by atoms with Crippen molar-refractivity contribution in [3.8, 4) is 22.5 Å². The van der Waals surface area contributed by atoms with Gasteiger partial charge in [0.25, 0.3) is 0 Å². The molecule has 3 N–H and O–H groups in total. The normalized spacial score (nSPS) is 15.2. The van der Waals surface area contributed by atoms with E-state index in [2.05, 4.69) is 15.8 Å². The maximum absolute atomic E-state index is 11.6. The van der Waals surface area contributed by atoms with E-state index in [1.54, 1.807) is 0 Å². The molecule has 0 bridgehead atoms. The highest BCUT2D eigenvalue weighted by atomic mass is 16.5. The number of rotatable bonds is 5. The number of benzene rings is 2. The smallest absolute Gasteiger partial charge is 0.316 e. The number of aromatic nitrogens is 1. The monoisotopic (exact) mass is 363 g/mol. The molecule has 2 aromatic carbocycles. The minimum absolute atomic E-state index is 0.473. The Labute approximate surface area is 157 Å². The van der Waals surface area contributed by atoms with Crippen LogP contribution in [0.2, 0.25) is 0 Å². The third-order valence-electron chi connectivity index (χ3n) is 5.29. The number of nitrogens with zero attached hydrogens (tertiary/aromatic N) is 1. The SMILES string of the molecule is CNc1c(C)noc1-c1ccc(-c2ccc(C3(C(=O)O)CNC3)cc2)cc1. The molecule has 0 radical (unpaired) electrons. The zero-order valence-corrected chi connectivity index (χ0v) is 15.2. The quantitative estimate of drug-likeness (QED) is 0.645. The number of carboxylic acids is 1. The van der Waals surface area contributed by atoms with Crippen molar-refractivity contribution < 1.29 is 14.4 Å². The first-order chi connectivity index (χ1) is 13.0. The van der Waals surface area contributed by atoms with Gasteiger partial charge in [-0.2, -0.15) is 0 Å². The standard InChI is InChI=1S/C21H21N3O3/c1-13-18(22-2)19(27-24-13)16-5-3-14(4-6-16)15-7-9-17(10-8-15)21(20(25)26)11-23-12-21/h3-10,22-23H,11-12H2,1-2H3,(H,25,26). The fraction of sp³-hybridized carbons (Fsp3) is 0.238. The Kier molecular flexibility index (Phi) is 4.20. The van der Waals surface area contributed by atoms with Gasteiger partial charge in [-0.15, -0.1) is 0 Å². The van der Waals surface area contributed by atoms with Gasteiger partial charge in [-0.1, -0.05) is 53.7 Å². The first-order valence-electron chi connectivity index (χ1n) is 8.84. The highest BCUT2D eigenvalue weighted by Gasteiger charge is 2.46. The molecular weight excluding hydrogens is 342 g/mol. The van der Waals surface area contributed by atoms with E-state index in [4.69, 9.17) is 4.52 Å². The third-order valence-corrected chi connectivity index (χ3v) is 5.29. The van der Waals surface area contributed by atoms with Gasteiger partial charge in [0.05, 0.1) is 0 Å². The zero-order valence-electron chi connectivity index (χ0n) is 15.2. The molecule has 1 aliphatic rings. The van der Waals surface area contributed by atoms with Crippen LogP contribution in [0.4, 0.5) is 5.69 Å². The molecule has 0 unspecified atom stereocenters. The molecular formula is C21H21N3O3. The van der Waals surface area contributed by atoms with Crippen LogP contribution in [0.15, 0.2) is 53.1 Å². The Morgan fingerprint density at radius 1 is 1.07 bits per heavy atom. The summed E-state index contributed by atoms with van der Waals surface area (Å²) < 4.78 is 5.44. The maximum atomic E-state index is 11.6. The van der Waals surface area contributed by atoms with Crippen molar-refractivity contribution in [2.24, 2.45) is 0 Å². The molecule has 0 aliphatic carbocycles. The van der Waals surface area contributed by atoms with E-state index in [0.29, 0.717) is 13.1 Å². The molecule has 6 heteroatoms. The van der Waals surface area contributed by atoms with Crippen molar-refractivity contribution in [1.82, 2.24) is 10.5 Å². The molecule has 0 amide bonds. The Balaban J connectivity index is 1.60. The Bertz CT molecular complexity index is 971. The van der Waals surface area contributed by atoms with Gasteiger partial charge in [-0.25, -0.2) is 0 Å². The number of hydrogen-bond donors (Lipinski definition) is 3. The second-order valence-corrected chi connectivity index (χ2v) is 6.87. The summed E-state index contributed by atoms with van der Waals surface area (Å²) in [6.45, 7) is 2.85. The fourth-order valence-electron chi connectivity index (χ4n) is 3.51. The van der Waals surface area contributed by atoms with E-state index in [-0.39, 0.29) is 0 Å². The number of aliphatic carboxylic acids is 1. The zero-order chi connectivity index (χ0) is 19.0. The van der Waals surface area contributed by atoms with Gasteiger partial charge in [0.15, 0.2) is 5.76 Å². The lowest BCUT2D eigenvalue weighted by Gasteiger charge is -2.39. The molecule has 27 heavy (non-hydrogen) atoms.